The summed E-state index contributed by atoms with van der Waals surface area (Å²) >= 11 is 6.10. The molecule has 0 saturated carbocycles. The summed E-state index contributed by atoms with van der Waals surface area (Å²) in [7, 11) is 1.46. The molecule has 6 nitrogen and oxygen atoms in total. The molecular weight excluding hydrogens is 430 g/mol. The van der Waals surface area contributed by atoms with Crippen molar-refractivity contribution < 1.29 is 24.2 Å². The fourth-order valence-electron chi connectivity index (χ4n) is 3.68. The van der Waals surface area contributed by atoms with Crippen LogP contribution in [0.1, 0.15) is 36.9 Å². The van der Waals surface area contributed by atoms with Crippen LogP contribution in [0.25, 0.3) is 5.76 Å². The van der Waals surface area contributed by atoms with Gasteiger partial charge in [0.1, 0.15) is 23.9 Å². The molecule has 0 aromatic heterocycles. The first-order chi connectivity index (χ1) is 15.4. The molecule has 1 fully saturated rings. The summed E-state index contributed by atoms with van der Waals surface area (Å²) in [5, 5.41) is 11.5. The average molecular weight is 456 g/mol. The molecule has 2 aromatic carbocycles. The van der Waals surface area contributed by atoms with E-state index in [2.05, 4.69) is 6.58 Å². The molecule has 0 aliphatic carbocycles. The highest BCUT2D eigenvalue weighted by molar-refractivity contribution is 6.46. The molecule has 1 aliphatic rings. The van der Waals surface area contributed by atoms with Crippen molar-refractivity contribution in [2.75, 3.05) is 20.3 Å². The number of ketones is 1. The Bertz CT molecular complexity index is 1060. The van der Waals surface area contributed by atoms with E-state index in [1.54, 1.807) is 36.4 Å². The van der Waals surface area contributed by atoms with Crippen LogP contribution in [-0.2, 0) is 9.59 Å². The van der Waals surface area contributed by atoms with Gasteiger partial charge in [0.2, 0.25) is 0 Å². The summed E-state index contributed by atoms with van der Waals surface area (Å²) in [6.45, 7) is 6.37. The Hall–Kier alpha value is -3.25. The van der Waals surface area contributed by atoms with E-state index < -0.39 is 17.7 Å². The van der Waals surface area contributed by atoms with E-state index in [-0.39, 0.29) is 11.3 Å². The Labute approximate surface area is 192 Å². The second-order valence-electron chi connectivity index (χ2n) is 7.37. The number of methoxy groups -OCH3 is 1. The van der Waals surface area contributed by atoms with Gasteiger partial charge >= 0.3 is 0 Å². The summed E-state index contributed by atoms with van der Waals surface area (Å²) in [6.07, 6.45) is 3.21. The van der Waals surface area contributed by atoms with Crippen LogP contribution >= 0.6 is 11.6 Å². The van der Waals surface area contributed by atoms with Gasteiger partial charge in [-0.2, -0.15) is 0 Å². The second kappa shape index (κ2) is 10.4. The number of likely N-dealkylation sites (tertiary alicyclic amines) is 1. The lowest BCUT2D eigenvalue weighted by Gasteiger charge is -2.25. The van der Waals surface area contributed by atoms with Crippen LogP contribution in [0.4, 0.5) is 0 Å². The Kier molecular flexibility index (Phi) is 7.59. The van der Waals surface area contributed by atoms with Crippen LogP contribution < -0.4 is 9.47 Å². The molecule has 32 heavy (non-hydrogen) atoms. The van der Waals surface area contributed by atoms with Crippen molar-refractivity contribution in [3.8, 4) is 11.5 Å². The number of aliphatic hydroxyl groups excluding tert-OH is 1. The molecule has 1 aliphatic heterocycles. The first-order valence-corrected chi connectivity index (χ1v) is 10.8. The Balaban J connectivity index is 2.15. The van der Waals surface area contributed by atoms with Gasteiger partial charge < -0.3 is 19.5 Å². The summed E-state index contributed by atoms with van der Waals surface area (Å²) < 4.78 is 10.9. The molecule has 168 valence electrons. The number of unbranched alkanes of at least 4 members (excludes halogenated alkanes) is 1. The summed E-state index contributed by atoms with van der Waals surface area (Å²) in [4.78, 5) is 27.5. The topological polar surface area (TPSA) is 76.1 Å². The van der Waals surface area contributed by atoms with Gasteiger partial charge in [-0.3, -0.25) is 9.59 Å². The standard InChI is InChI=1S/C25H26ClNO5/c1-4-6-12-27-22(16-8-7-9-18(14-16)32-13-5-2)21(24(29)25(27)30)23(28)17-10-11-19(26)20(15-17)31-3/h5,7-11,14-15,22,28H,2,4,6,12-13H2,1,3H3/b23-21-. The highest BCUT2D eigenvalue weighted by atomic mass is 35.5. The van der Waals surface area contributed by atoms with Crippen molar-refractivity contribution in [1.82, 2.24) is 4.90 Å². The molecule has 1 saturated heterocycles. The molecule has 0 radical (unpaired) electrons. The van der Waals surface area contributed by atoms with Gasteiger partial charge in [-0.15, -0.1) is 0 Å². The number of ether oxygens (including phenoxy) is 2. The number of rotatable bonds is 9. The molecule has 2 aromatic rings. The summed E-state index contributed by atoms with van der Waals surface area (Å²) in [6, 6.07) is 11.1. The maximum absolute atomic E-state index is 13.0. The molecule has 0 spiro atoms. The smallest absolute Gasteiger partial charge is 0.295 e. The molecule has 1 N–H and O–H groups in total. The van der Waals surface area contributed by atoms with Crippen LogP contribution in [-0.4, -0.2) is 42.0 Å². The van der Waals surface area contributed by atoms with E-state index in [4.69, 9.17) is 21.1 Å². The van der Waals surface area contributed by atoms with Gasteiger partial charge in [0.15, 0.2) is 0 Å². The van der Waals surface area contributed by atoms with Crippen LogP contribution in [0.3, 0.4) is 0 Å². The van der Waals surface area contributed by atoms with Crippen LogP contribution in [0.5, 0.6) is 11.5 Å². The number of hydrogen-bond donors (Lipinski definition) is 1. The maximum Gasteiger partial charge on any atom is 0.295 e. The molecule has 0 bridgehead atoms. The van der Waals surface area contributed by atoms with E-state index in [1.807, 2.05) is 13.0 Å². The number of halogens is 1. The number of carbonyl (C=O) groups is 2. The minimum Gasteiger partial charge on any atom is -0.507 e. The molecular formula is C25H26ClNO5. The third-order valence-electron chi connectivity index (χ3n) is 5.26. The second-order valence-corrected chi connectivity index (χ2v) is 7.77. The lowest BCUT2D eigenvalue weighted by Crippen LogP contribution is -2.30. The van der Waals surface area contributed by atoms with Crippen LogP contribution in [0.15, 0.2) is 60.7 Å². The zero-order chi connectivity index (χ0) is 23.3. The number of benzene rings is 2. The predicted octanol–water partition coefficient (Wildman–Crippen LogP) is 5.14. The zero-order valence-corrected chi connectivity index (χ0v) is 18.9. The molecule has 3 rings (SSSR count). The van der Waals surface area contributed by atoms with Crippen molar-refractivity contribution >= 4 is 29.1 Å². The molecule has 1 heterocycles. The van der Waals surface area contributed by atoms with Crippen LogP contribution in [0, 0.1) is 0 Å². The van der Waals surface area contributed by atoms with Crippen molar-refractivity contribution in [2.24, 2.45) is 0 Å². The minimum atomic E-state index is -0.740. The lowest BCUT2D eigenvalue weighted by atomic mass is 9.95. The highest BCUT2D eigenvalue weighted by Crippen LogP contribution is 2.41. The van der Waals surface area contributed by atoms with Crippen molar-refractivity contribution in [2.45, 2.75) is 25.8 Å². The number of amides is 1. The minimum absolute atomic E-state index is 0.0244. The third kappa shape index (κ3) is 4.65. The van der Waals surface area contributed by atoms with E-state index in [1.165, 1.54) is 18.1 Å². The molecule has 7 heteroatoms. The summed E-state index contributed by atoms with van der Waals surface area (Å²) in [5.41, 5.74) is 1.03. The van der Waals surface area contributed by atoms with E-state index >= 15 is 0 Å². The van der Waals surface area contributed by atoms with Gasteiger partial charge in [0.05, 0.1) is 23.7 Å². The SMILES string of the molecule is C=CCOc1cccc(C2/C(=C(/O)c3ccc(Cl)c(OC)c3)C(=O)C(=O)N2CCCC)c1. The van der Waals surface area contributed by atoms with E-state index in [9.17, 15) is 14.7 Å². The number of carbonyl (C=O) groups excluding carboxylic acids is 2. The number of aliphatic hydroxyl groups is 1. The quantitative estimate of drug-likeness (QED) is 0.245. The average Bonchev–Trinajstić information content (AvgIpc) is 3.06. The number of hydrogen-bond acceptors (Lipinski definition) is 5. The molecule has 1 unspecified atom stereocenters. The largest absolute Gasteiger partial charge is 0.507 e. The number of Topliss-reactive ketones (excluding diaryl/α,β-unsaturated/α-hetero) is 1. The fraction of sp³-hybridized carbons (Fsp3) is 0.280. The van der Waals surface area contributed by atoms with Gasteiger partial charge in [0, 0.05) is 12.1 Å². The van der Waals surface area contributed by atoms with Crippen molar-refractivity contribution in [3.63, 3.8) is 0 Å². The third-order valence-corrected chi connectivity index (χ3v) is 5.57. The van der Waals surface area contributed by atoms with Gasteiger partial charge in [-0.05, 0) is 42.3 Å². The van der Waals surface area contributed by atoms with E-state index in [0.717, 1.165) is 12.8 Å². The normalized spacial score (nSPS) is 17.5. The monoisotopic (exact) mass is 455 g/mol. The first-order valence-electron chi connectivity index (χ1n) is 10.4. The zero-order valence-electron chi connectivity index (χ0n) is 18.1. The van der Waals surface area contributed by atoms with Gasteiger partial charge in [0.25, 0.3) is 11.7 Å². The Morgan fingerprint density at radius 2 is 2.03 bits per heavy atom. The number of nitrogens with zero attached hydrogens (tertiary/aromatic N) is 1. The van der Waals surface area contributed by atoms with Gasteiger partial charge in [-0.25, -0.2) is 0 Å². The lowest BCUT2D eigenvalue weighted by molar-refractivity contribution is -0.139. The molecule has 1 atom stereocenters. The highest BCUT2D eigenvalue weighted by Gasteiger charge is 2.45. The first kappa shape index (κ1) is 23.4. The van der Waals surface area contributed by atoms with E-state index in [0.29, 0.717) is 40.8 Å². The maximum atomic E-state index is 13.0. The Morgan fingerprint density at radius 1 is 1.25 bits per heavy atom. The van der Waals surface area contributed by atoms with Crippen LogP contribution in [0.2, 0.25) is 5.02 Å². The Morgan fingerprint density at radius 3 is 2.72 bits per heavy atom. The molecule has 1 amide bonds. The predicted molar refractivity (Wildman–Crippen MR) is 124 cm³/mol. The summed E-state index contributed by atoms with van der Waals surface area (Å²) in [5.74, 6) is -0.707. The van der Waals surface area contributed by atoms with Gasteiger partial charge in [-0.1, -0.05) is 49.7 Å². The fourth-order valence-corrected chi connectivity index (χ4v) is 3.87. The van der Waals surface area contributed by atoms with Crippen molar-refractivity contribution in [1.29, 1.82) is 0 Å². The van der Waals surface area contributed by atoms with Crippen molar-refractivity contribution in [3.05, 3.63) is 76.8 Å².